The highest BCUT2D eigenvalue weighted by Crippen LogP contribution is 2.40. The maximum Gasteiger partial charge on any atom is 0.410 e. The van der Waals surface area contributed by atoms with E-state index in [0.29, 0.717) is 37.4 Å². The topological polar surface area (TPSA) is 68.2 Å². The van der Waals surface area contributed by atoms with Gasteiger partial charge in [0.05, 0.1) is 20.3 Å². The van der Waals surface area contributed by atoms with E-state index in [4.69, 9.17) is 14.2 Å². The van der Waals surface area contributed by atoms with Crippen molar-refractivity contribution in [1.82, 2.24) is 4.90 Å². The van der Waals surface area contributed by atoms with Gasteiger partial charge >= 0.3 is 6.09 Å². The van der Waals surface area contributed by atoms with Gasteiger partial charge in [-0.15, -0.1) is 0 Å². The second kappa shape index (κ2) is 7.95. The first-order valence-electron chi connectivity index (χ1n) is 8.63. The second-order valence-corrected chi connectivity index (χ2v) is 7.33. The molecule has 1 fully saturated rings. The number of hydrogen-bond donors (Lipinski definition) is 1. The predicted octanol–water partition coefficient (Wildman–Crippen LogP) is 3.38. The zero-order valence-electron chi connectivity index (χ0n) is 15.7. The van der Waals surface area contributed by atoms with Gasteiger partial charge in [0, 0.05) is 18.7 Å². The van der Waals surface area contributed by atoms with Gasteiger partial charge in [0.25, 0.3) is 0 Å². The number of ether oxygens (including phenoxy) is 3. The van der Waals surface area contributed by atoms with Crippen LogP contribution in [-0.2, 0) is 4.74 Å². The van der Waals surface area contributed by atoms with Gasteiger partial charge in [-0.25, -0.2) is 4.79 Å². The first kappa shape index (κ1) is 19.4. The van der Waals surface area contributed by atoms with Crippen molar-refractivity contribution >= 4 is 6.09 Å². The molecule has 1 aliphatic rings. The Morgan fingerprint density at radius 2 is 1.84 bits per heavy atom. The van der Waals surface area contributed by atoms with Crippen LogP contribution in [0.15, 0.2) is 18.2 Å². The van der Waals surface area contributed by atoms with Crippen molar-refractivity contribution in [3.05, 3.63) is 23.8 Å². The summed E-state index contributed by atoms with van der Waals surface area (Å²) in [5, 5.41) is 10.8. The molecule has 140 valence electrons. The molecule has 1 unspecified atom stereocenters. The van der Waals surface area contributed by atoms with E-state index < -0.39 is 11.7 Å². The quantitative estimate of drug-likeness (QED) is 0.900. The average molecular weight is 351 g/mol. The highest BCUT2D eigenvalue weighted by atomic mass is 16.6. The van der Waals surface area contributed by atoms with Crippen molar-refractivity contribution < 1.29 is 24.1 Å². The summed E-state index contributed by atoms with van der Waals surface area (Å²) in [5.74, 6) is 1.22. The molecule has 2 rings (SSSR count). The SMILES string of the molecule is COc1cccc(C(O)C2CCN(C(=O)OC(C)(C)C)CC2)c1OC. The van der Waals surface area contributed by atoms with E-state index in [-0.39, 0.29) is 12.0 Å². The molecule has 6 heteroatoms. The van der Waals surface area contributed by atoms with Crippen LogP contribution in [0.4, 0.5) is 4.79 Å². The molecule has 0 bridgehead atoms. The molecule has 0 saturated carbocycles. The minimum atomic E-state index is -0.661. The van der Waals surface area contributed by atoms with Crippen molar-refractivity contribution in [2.45, 2.75) is 45.3 Å². The first-order chi connectivity index (χ1) is 11.8. The Balaban J connectivity index is 2.02. The number of aliphatic hydroxyl groups excluding tert-OH is 1. The minimum absolute atomic E-state index is 0.0553. The lowest BCUT2D eigenvalue weighted by atomic mass is 9.87. The molecule has 0 aliphatic carbocycles. The number of aliphatic hydroxyl groups is 1. The monoisotopic (exact) mass is 351 g/mol. The Labute approximate surface area is 149 Å². The summed E-state index contributed by atoms with van der Waals surface area (Å²) in [7, 11) is 3.15. The van der Waals surface area contributed by atoms with Crippen molar-refractivity contribution in [3.8, 4) is 11.5 Å². The van der Waals surface area contributed by atoms with E-state index in [9.17, 15) is 9.90 Å². The lowest BCUT2D eigenvalue weighted by Crippen LogP contribution is -2.42. The predicted molar refractivity (Wildman–Crippen MR) is 95.0 cm³/mol. The van der Waals surface area contributed by atoms with Crippen LogP contribution in [0.3, 0.4) is 0 Å². The standard InChI is InChI=1S/C19H29NO5/c1-19(2,3)25-18(22)20-11-9-13(10-12-20)16(21)14-7-6-8-15(23-4)17(14)24-5/h6-8,13,16,21H,9-12H2,1-5H3. The summed E-state index contributed by atoms with van der Waals surface area (Å²) in [4.78, 5) is 13.9. The third-order valence-electron chi connectivity index (χ3n) is 4.39. The molecular weight excluding hydrogens is 322 g/mol. The molecule has 25 heavy (non-hydrogen) atoms. The van der Waals surface area contributed by atoms with Crippen LogP contribution >= 0.6 is 0 Å². The fraction of sp³-hybridized carbons (Fsp3) is 0.632. The number of para-hydroxylation sites is 1. The van der Waals surface area contributed by atoms with Gasteiger partial charge in [0.2, 0.25) is 0 Å². The highest BCUT2D eigenvalue weighted by Gasteiger charge is 2.32. The van der Waals surface area contributed by atoms with Crippen LogP contribution in [0.5, 0.6) is 11.5 Å². The fourth-order valence-corrected chi connectivity index (χ4v) is 3.12. The fourth-order valence-electron chi connectivity index (χ4n) is 3.12. The van der Waals surface area contributed by atoms with E-state index >= 15 is 0 Å². The lowest BCUT2D eigenvalue weighted by molar-refractivity contribution is 0.00735. The Morgan fingerprint density at radius 1 is 1.20 bits per heavy atom. The van der Waals surface area contributed by atoms with Crippen LogP contribution in [0.2, 0.25) is 0 Å². The van der Waals surface area contributed by atoms with Crippen molar-refractivity contribution in [1.29, 1.82) is 0 Å². The maximum atomic E-state index is 12.1. The Kier molecular flexibility index (Phi) is 6.16. The minimum Gasteiger partial charge on any atom is -0.493 e. The normalized spacial score (nSPS) is 17.1. The van der Waals surface area contributed by atoms with Crippen molar-refractivity contribution in [3.63, 3.8) is 0 Å². The lowest BCUT2D eigenvalue weighted by Gasteiger charge is -2.35. The van der Waals surface area contributed by atoms with Crippen LogP contribution in [0.25, 0.3) is 0 Å². The highest BCUT2D eigenvalue weighted by molar-refractivity contribution is 5.68. The Hall–Kier alpha value is -1.95. The summed E-state index contributed by atoms with van der Waals surface area (Å²) in [5.41, 5.74) is 0.221. The number of nitrogens with zero attached hydrogens (tertiary/aromatic N) is 1. The third kappa shape index (κ3) is 4.78. The molecule has 6 nitrogen and oxygen atoms in total. The molecule has 1 aromatic carbocycles. The molecule has 1 amide bonds. The number of methoxy groups -OCH3 is 2. The molecular formula is C19H29NO5. The van der Waals surface area contributed by atoms with E-state index in [1.165, 1.54) is 0 Å². The van der Waals surface area contributed by atoms with Crippen molar-refractivity contribution in [2.24, 2.45) is 5.92 Å². The third-order valence-corrected chi connectivity index (χ3v) is 4.39. The van der Waals surface area contributed by atoms with Crippen LogP contribution in [0, 0.1) is 5.92 Å². The molecule has 1 aliphatic heterocycles. The number of hydrogen-bond acceptors (Lipinski definition) is 5. The number of likely N-dealkylation sites (tertiary alicyclic amines) is 1. The van der Waals surface area contributed by atoms with Gasteiger partial charge in [-0.3, -0.25) is 0 Å². The number of carbonyl (C=O) groups is 1. The largest absolute Gasteiger partial charge is 0.493 e. The number of carbonyl (C=O) groups excluding carboxylic acids is 1. The molecule has 1 N–H and O–H groups in total. The summed E-state index contributed by atoms with van der Waals surface area (Å²) in [6, 6.07) is 5.50. The number of benzene rings is 1. The molecule has 0 radical (unpaired) electrons. The van der Waals surface area contributed by atoms with E-state index in [1.807, 2.05) is 32.9 Å². The molecule has 1 heterocycles. The van der Waals surface area contributed by atoms with Crippen LogP contribution in [0.1, 0.15) is 45.3 Å². The van der Waals surface area contributed by atoms with Gasteiger partial charge in [0.1, 0.15) is 5.60 Å². The first-order valence-corrected chi connectivity index (χ1v) is 8.63. The molecule has 1 saturated heterocycles. The van der Waals surface area contributed by atoms with Gasteiger partial charge in [-0.2, -0.15) is 0 Å². The Morgan fingerprint density at radius 3 is 2.36 bits per heavy atom. The second-order valence-electron chi connectivity index (χ2n) is 7.33. The van der Waals surface area contributed by atoms with Crippen LogP contribution < -0.4 is 9.47 Å². The molecule has 1 aromatic rings. The zero-order chi connectivity index (χ0) is 18.6. The Bertz CT molecular complexity index is 588. The van der Waals surface area contributed by atoms with Gasteiger partial charge in [0.15, 0.2) is 11.5 Å². The zero-order valence-corrected chi connectivity index (χ0v) is 15.7. The summed E-state index contributed by atoms with van der Waals surface area (Å²) in [6.07, 6.45) is 0.465. The molecule has 0 aromatic heterocycles. The van der Waals surface area contributed by atoms with Gasteiger partial charge < -0.3 is 24.2 Å². The summed E-state index contributed by atoms with van der Waals surface area (Å²) < 4.78 is 16.1. The average Bonchev–Trinajstić information content (AvgIpc) is 2.58. The van der Waals surface area contributed by atoms with Gasteiger partial charge in [-0.1, -0.05) is 12.1 Å². The van der Waals surface area contributed by atoms with E-state index in [0.717, 1.165) is 5.56 Å². The summed E-state index contributed by atoms with van der Waals surface area (Å²) in [6.45, 7) is 6.72. The molecule has 1 atom stereocenters. The van der Waals surface area contributed by atoms with E-state index in [2.05, 4.69) is 0 Å². The molecule has 0 spiro atoms. The van der Waals surface area contributed by atoms with Gasteiger partial charge in [-0.05, 0) is 45.6 Å². The number of rotatable bonds is 4. The maximum absolute atomic E-state index is 12.1. The van der Waals surface area contributed by atoms with E-state index in [1.54, 1.807) is 25.2 Å². The van der Waals surface area contributed by atoms with Crippen LogP contribution in [-0.4, -0.2) is 49.0 Å². The number of piperidine rings is 1. The number of amides is 1. The summed E-state index contributed by atoms with van der Waals surface area (Å²) >= 11 is 0. The smallest absolute Gasteiger partial charge is 0.410 e. The van der Waals surface area contributed by atoms with Crippen molar-refractivity contribution in [2.75, 3.05) is 27.3 Å².